The van der Waals surface area contributed by atoms with Crippen molar-refractivity contribution in [1.29, 1.82) is 0 Å². The molecule has 2 nitrogen and oxygen atoms in total. The minimum Gasteiger partial charge on any atom is -0.464 e. The predicted octanol–water partition coefficient (Wildman–Crippen LogP) is 4.09. The Balaban J connectivity index is 1.68. The van der Waals surface area contributed by atoms with E-state index >= 15 is 0 Å². The van der Waals surface area contributed by atoms with Crippen LogP contribution in [0.25, 0.3) is 11.0 Å². The van der Waals surface area contributed by atoms with Crippen molar-refractivity contribution >= 4 is 22.3 Å². The van der Waals surface area contributed by atoms with Gasteiger partial charge in [0.15, 0.2) is 0 Å². The average molecular weight is 257 g/mol. The number of para-hydroxylation sites is 1. The van der Waals surface area contributed by atoms with Crippen molar-refractivity contribution in [1.82, 2.24) is 5.32 Å². The Hall–Kier alpha value is -1.58. The van der Waals surface area contributed by atoms with Gasteiger partial charge in [-0.05, 0) is 34.9 Å². The van der Waals surface area contributed by atoms with Crippen LogP contribution in [-0.4, -0.2) is 0 Å². The maximum Gasteiger partial charge on any atom is 0.134 e. The Bertz CT molecular complexity index is 653. The number of rotatable bonds is 4. The fourth-order valence-electron chi connectivity index (χ4n) is 2.07. The lowest BCUT2D eigenvalue weighted by Gasteiger charge is -2.03. The monoisotopic (exact) mass is 257 g/mol. The fraction of sp³-hybridized carbons (Fsp3) is 0.200. The van der Waals surface area contributed by atoms with Crippen LogP contribution in [0.15, 0.2) is 45.7 Å². The quantitative estimate of drug-likeness (QED) is 0.761. The van der Waals surface area contributed by atoms with E-state index in [2.05, 4.69) is 29.1 Å². The summed E-state index contributed by atoms with van der Waals surface area (Å²) < 4.78 is 5.52. The van der Waals surface area contributed by atoms with Crippen molar-refractivity contribution < 1.29 is 4.42 Å². The standard InChI is InChI=1S/C15H15NOS/c1-11-9-18-10-13(11)7-16-6-12-8-17-15-5-3-2-4-14(12)15/h2-5,8-10,16H,6-7H2,1H3. The highest BCUT2D eigenvalue weighted by atomic mass is 32.1. The van der Waals surface area contributed by atoms with Gasteiger partial charge in [0.25, 0.3) is 0 Å². The van der Waals surface area contributed by atoms with Gasteiger partial charge in [-0.25, -0.2) is 0 Å². The molecule has 0 amide bonds. The van der Waals surface area contributed by atoms with Crippen LogP contribution in [0.2, 0.25) is 0 Å². The number of hydrogen-bond donors (Lipinski definition) is 1. The molecule has 2 heterocycles. The highest BCUT2D eigenvalue weighted by Gasteiger charge is 2.05. The summed E-state index contributed by atoms with van der Waals surface area (Å²) in [5, 5.41) is 9.06. The zero-order chi connectivity index (χ0) is 12.4. The lowest BCUT2D eigenvalue weighted by molar-refractivity contribution is 0.602. The molecule has 0 spiro atoms. The van der Waals surface area contributed by atoms with E-state index in [1.807, 2.05) is 24.5 Å². The molecule has 2 aromatic heterocycles. The van der Waals surface area contributed by atoms with Crippen LogP contribution in [0.4, 0.5) is 0 Å². The highest BCUT2D eigenvalue weighted by molar-refractivity contribution is 7.08. The minimum atomic E-state index is 0.840. The molecule has 3 aromatic rings. The fourth-order valence-corrected chi connectivity index (χ4v) is 2.93. The first-order valence-corrected chi connectivity index (χ1v) is 6.96. The maximum atomic E-state index is 5.52. The van der Waals surface area contributed by atoms with Crippen molar-refractivity contribution in [2.45, 2.75) is 20.0 Å². The molecule has 0 aliphatic rings. The lowest BCUT2D eigenvalue weighted by atomic mass is 10.1. The number of nitrogens with one attached hydrogen (secondary N) is 1. The van der Waals surface area contributed by atoms with Gasteiger partial charge in [0.05, 0.1) is 6.26 Å². The number of thiophene rings is 1. The zero-order valence-electron chi connectivity index (χ0n) is 10.3. The third kappa shape index (κ3) is 2.19. The van der Waals surface area contributed by atoms with Crippen LogP contribution in [-0.2, 0) is 13.1 Å². The van der Waals surface area contributed by atoms with Gasteiger partial charge in [-0.1, -0.05) is 18.2 Å². The summed E-state index contributed by atoms with van der Waals surface area (Å²) in [6, 6.07) is 8.15. The maximum absolute atomic E-state index is 5.52. The van der Waals surface area contributed by atoms with Gasteiger partial charge in [-0.2, -0.15) is 11.3 Å². The average Bonchev–Trinajstić information content (AvgIpc) is 2.97. The molecule has 0 aliphatic heterocycles. The lowest BCUT2D eigenvalue weighted by Crippen LogP contribution is -2.12. The summed E-state index contributed by atoms with van der Waals surface area (Å²) >= 11 is 1.76. The van der Waals surface area contributed by atoms with Crippen molar-refractivity contribution in [3.8, 4) is 0 Å². The van der Waals surface area contributed by atoms with Crippen molar-refractivity contribution in [2.75, 3.05) is 0 Å². The number of aryl methyl sites for hydroxylation is 1. The van der Waals surface area contributed by atoms with Crippen LogP contribution in [0.3, 0.4) is 0 Å². The molecule has 0 saturated carbocycles. The van der Waals surface area contributed by atoms with Crippen LogP contribution in [0.1, 0.15) is 16.7 Å². The van der Waals surface area contributed by atoms with E-state index in [0.717, 1.165) is 18.7 Å². The normalized spacial score (nSPS) is 11.2. The second kappa shape index (κ2) is 4.96. The number of fused-ring (bicyclic) bond motifs is 1. The van der Waals surface area contributed by atoms with Crippen LogP contribution < -0.4 is 5.32 Å². The molecule has 1 N–H and O–H groups in total. The van der Waals surface area contributed by atoms with Crippen LogP contribution >= 0.6 is 11.3 Å². The first-order chi connectivity index (χ1) is 8.84. The molecular formula is C15H15NOS. The van der Waals surface area contributed by atoms with E-state index in [1.165, 1.54) is 22.1 Å². The molecule has 0 radical (unpaired) electrons. The van der Waals surface area contributed by atoms with Gasteiger partial charge in [0.2, 0.25) is 0 Å². The summed E-state index contributed by atoms with van der Waals surface area (Å²) in [6.07, 6.45) is 1.85. The van der Waals surface area contributed by atoms with E-state index in [9.17, 15) is 0 Å². The van der Waals surface area contributed by atoms with Crippen molar-refractivity contribution in [2.24, 2.45) is 0 Å². The number of hydrogen-bond acceptors (Lipinski definition) is 3. The zero-order valence-corrected chi connectivity index (χ0v) is 11.1. The smallest absolute Gasteiger partial charge is 0.134 e. The molecule has 0 saturated heterocycles. The third-order valence-electron chi connectivity index (χ3n) is 3.15. The molecule has 3 heteroatoms. The summed E-state index contributed by atoms with van der Waals surface area (Å²) in [6.45, 7) is 3.90. The van der Waals surface area contributed by atoms with Gasteiger partial charge in [-0.3, -0.25) is 0 Å². The molecule has 18 heavy (non-hydrogen) atoms. The first-order valence-electron chi connectivity index (χ1n) is 6.02. The van der Waals surface area contributed by atoms with Gasteiger partial charge in [0, 0.05) is 24.0 Å². The Labute approximate surface area is 110 Å². The second-order valence-electron chi connectivity index (χ2n) is 4.44. The van der Waals surface area contributed by atoms with Crippen molar-refractivity contribution in [3.63, 3.8) is 0 Å². The third-order valence-corrected chi connectivity index (χ3v) is 4.06. The minimum absolute atomic E-state index is 0.840. The molecule has 0 atom stereocenters. The van der Waals surface area contributed by atoms with Crippen LogP contribution in [0.5, 0.6) is 0 Å². The predicted molar refractivity (Wildman–Crippen MR) is 75.8 cm³/mol. The van der Waals surface area contributed by atoms with Gasteiger partial charge >= 0.3 is 0 Å². The Morgan fingerprint density at radius 2 is 1.94 bits per heavy atom. The molecule has 0 unspecified atom stereocenters. The molecule has 0 aliphatic carbocycles. The largest absolute Gasteiger partial charge is 0.464 e. The van der Waals surface area contributed by atoms with E-state index in [4.69, 9.17) is 4.42 Å². The Morgan fingerprint density at radius 3 is 2.78 bits per heavy atom. The first kappa shape index (κ1) is 11.5. The Morgan fingerprint density at radius 1 is 1.11 bits per heavy atom. The SMILES string of the molecule is Cc1cscc1CNCc1coc2ccccc12. The molecular weight excluding hydrogens is 242 g/mol. The molecule has 0 bridgehead atoms. The van der Waals surface area contributed by atoms with E-state index in [0.29, 0.717) is 0 Å². The van der Waals surface area contributed by atoms with Gasteiger partial charge in [-0.15, -0.1) is 0 Å². The van der Waals surface area contributed by atoms with E-state index in [1.54, 1.807) is 11.3 Å². The van der Waals surface area contributed by atoms with E-state index < -0.39 is 0 Å². The topological polar surface area (TPSA) is 25.2 Å². The van der Waals surface area contributed by atoms with Gasteiger partial charge < -0.3 is 9.73 Å². The van der Waals surface area contributed by atoms with E-state index in [-0.39, 0.29) is 0 Å². The number of benzene rings is 1. The second-order valence-corrected chi connectivity index (χ2v) is 5.18. The molecule has 3 rings (SSSR count). The summed E-state index contributed by atoms with van der Waals surface area (Å²) in [7, 11) is 0. The summed E-state index contributed by atoms with van der Waals surface area (Å²) in [4.78, 5) is 0. The summed E-state index contributed by atoms with van der Waals surface area (Å²) in [5.41, 5.74) is 4.93. The molecule has 1 aromatic carbocycles. The van der Waals surface area contributed by atoms with Gasteiger partial charge in [0.1, 0.15) is 5.58 Å². The number of furan rings is 1. The molecule has 0 fully saturated rings. The summed E-state index contributed by atoms with van der Waals surface area (Å²) in [5.74, 6) is 0. The van der Waals surface area contributed by atoms with Crippen LogP contribution in [0, 0.1) is 6.92 Å². The highest BCUT2D eigenvalue weighted by Crippen LogP contribution is 2.20. The molecule has 92 valence electrons. The van der Waals surface area contributed by atoms with Crippen molar-refractivity contribution in [3.05, 3.63) is 58.0 Å². The Kier molecular flexibility index (Phi) is 3.17.